The summed E-state index contributed by atoms with van der Waals surface area (Å²) in [6, 6.07) is -0.459. The van der Waals surface area contributed by atoms with Crippen molar-refractivity contribution in [3.63, 3.8) is 0 Å². The number of hydrogen-bond acceptors (Lipinski definition) is 5. The lowest BCUT2D eigenvalue weighted by atomic mass is 10.3. The van der Waals surface area contributed by atoms with Crippen molar-refractivity contribution in [1.82, 2.24) is 5.32 Å². The fourth-order valence-electron chi connectivity index (χ4n) is 0.719. The van der Waals surface area contributed by atoms with Crippen molar-refractivity contribution in [3.05, 3.63) is 0 Å². The highest BCUT2D eigenvalue weighted by atomic mass is 16.5. The molecule has 0 saturated carbocycles. The summed E-state index contributed by atoms with van der Waals surface area (Å²) in [6.45, 7) is 3.11. The molecule has 0 atom stereocenters. The van der Waals surface area contributed by atoms with E-state index in [1.807, 2.05) is 0 Å². The topological polar surface area (TPSA) is 78.8 Å². The van der Waals surface area contributed by atoms with Gasteiger partial charge in [-0.05, 0) is 13.8 Å². The molecule has 78 valence electrons. The number of carbonyl (C=O) groups is 1. The van der Waals surface area contributed by atoms with Crippen LogP contribution in [0.4, 0.5) is 0 Å². The molecule has 0 amide bonds. The number of hydrogen-bond donors (Lipinski definition) is 3. The molecular formula is C8H17NO4. The second-order valence-electron chi connectivity index (χ2n) is 2.98. The first-order valence-corrected chi connectivity index (χ1v) is 4.24. The minimum absolute atomic E-state index is 0.00394. The Kier molecular flexibility index (Phi) is 6.48. The second kappa shape index (κ2) is 6.82. The summed E-state index contributed by atoms with van der Waals surface area (Å²) in [5.74, 6) is -0.387. The van der Waals surface area contributed by atoms with E-state index >= 15 is 0 Å². The van der Waals surface area contributed by atoms with Gasteiger partial charge >= 0.3 is 5.97 Å². The predicted octanol–water partition coefficient (Wildman–Crippen LogP) is -1.12. The van der Waals surface area contributed by atoms with Gasteiger partial charge in [-0.2, -0.15) is 0 Å². The van der Waals surface area contributed by atoms with Gasteiger partial charge in [0.05, 0.1) is 31.9 Å². The smallest absolute Gasteiger partial charge is 0.320 e. The first-order chi connectivity index (χ1) is 6.10. The molecule has 13 heavy (non-hydrogen) atoms. The Labute approximate surface area is 77.7 Å². The first-order valence-electron chi connectivity index (χ1n) is 4.24. The number of aliphatic hydroxyl groups is 2. The van der Waals surface area contributed by atoms with E-state index in [1.165, 1.54) is 0 Å². The Balaban J connectivity index is 3.56. The van der Waals surface area contributed by atoms with Gasteiger partial charge in [-0.1, -0.05) is 0 Å². The lowest BCUT2D eigenvalue weighted by Gasteiger charge is -2.13. The highest BCUT2D eigenvalue weighted by molar-refractivity contribution is 5.71. The summed E-state index contributed by atoms with van der Waals surface area (Å²) in [4.78, 5) is 10.9. The Morgan fingerprint density at radius 3 is 2.31 bits per heavy atom. The third kappa shape index (κ3) is 6.51. The minimum Gasteiger partial charge on any atom is -0.462 e. The number of ether oxygens (including phenoxy) is 1. The number of nitrogens with one attached hydrogen (secondary N) is 1. The van der Waals surface area contributed by atoms with Crippen LogP contribution in [0.3, 0.4) is 0 Å². The van der Waals surface area contributed by atoms with Crippen molar-refractivity contribution >= 4 is 5.97 Å². The van der Waals surface area contributed by atoms with Gasteiger partial charge in [-0.25, -0.2) is 0 Å². The van der Waals surface area contributed by atoms with E-state index in [0.717, 1.165) is 0 Å². The van der Waals surface area contributed by atoms with Gasteiger partial charge in [0.1, 0.15) is 0 Å². The van der Waals surface area contributed by atoms with Gasteiger partial charge < -0.3 is 14.9 Å². The maximum Gasteiger partial charge on any atom is 0.320 e. The Morgan fingerprint density at radius 2 is 1.92 bits per heavy atom. The van der Waals surface area contributed by atoms with Gasteiger partial charge in [0, 0.05) is 0 Å². The van der Waals surface area contributed by atoms with Crippen LogP contribution >= 0.6 is 0 Å². The molecule has 0 unspecified atom stereocenters. The molecule has 0 aliphatic rings. The maximum atomic E-state index is 10.9. The molecule has 0 fully saturated rings. The summed E-state index contributed by atoms with van der Waals surface area (Å²) in [7, 11) is 0. The Hall–Kier alpha value is -0.650. The van der Waals surface area contributed by atoms with Gasteiger partial charge in [-0.15, -0.1) is 0 Å². The van der Waals surface area contributed by atoms with Crippen molar-refractivity contribution in [2.24, 2.45) is 0 Å². The van der Waals surface area contributed by atoms with Crippen molar-refractivity contribution in [3.8, 4) is 0 Å². The lowest BCUT2D eigenvalue weighted by Crippen LogP contribution is -2.39. The van der Waals surface area contributed by atoms with E-state index in [9.17, 15) is 4.79 Å². The molecule has 0 spiro atoms. The summed E-state index contributed by atoms with van der Waals surface area (Å²) >= 11 is 0. The maximum absolute atomic E-state index is 10.9. The van der Waals surface area contributed by atoms with Crippen molar-refractivity contribution < 1.29 is 19.7 Å². The minimum atomic E-state index is -0.459. The molecule has 0 saturated heterocycles. The summed E-state index contributed by atoms with van der Waals surface area (Å²) in [5.41, 5.74) is 0. The molecule has 0 aromatic carbocycles. The zero-order valence-corrected chi connectivity index (χ0v) is 7.99. The number of esters is 1. The van der Waals surface area contributed by atoms with Crippen LogP contribution < -0.4 is 5.32 Å². The third-order valence-electron chi connectivity index (χ3n) is 1.34. The van der Waals surface area contributed by atoms with Crippen LogP contribution in [-0.4, -0.2) is 48.1 Å². The predicted molar refractivity (Wildman–Crippen MR) is 47.2 cm³/mol. The SMILES string of the molecule is CC(C)OC(=O)CNC(CO)CO. The van der Waals surface area contributed by atoms with E-state index in [4.69, 9.17) is 14.9 Å². The summed E-state index contributed by atoms with van der Waals surface area (Å²) in [5, 5.41) is 19.9. The number of aliphatic hydroxyl groups excluding tert-OH is 2. The average molecular weight is 191 g/mol. The van der Waals surface area contributed by atoms with Crippen LogP contribution in [0.15, 0.2) is 0 Å². The first kappa shape index (κ1) is 12.3. The molecule has 0 radical (unpaired) electrons. The molecule has 0 aromatic heterocycles. The zero-order valence-electron chi connectivity index (χ0n) is 7.99. The quantitative estimate of drug-likeness (QED) is 0.463. The van der Waals surface area contributed by atoms with Crippen LogP contribution in [0, 0.1) is 0 Å². The fourth-order valence-corrected chi connectivity index (χ4v) is 0.719. The van der Waals surface area contributed by atoms with E-state index in [0.29, 0.717) is 0 Å². The number of carbonyl (C=O) groups excluding carboxylic acids is 1. The van der Waals surface area contributed by atoms with Crippen molar-refractivity contribution in [2.75, 3.05) is 19.8 Å². The summed E-state index contributed by atoms with van der Waals surface area (Å²) < 4.78 is 4.82. The van der Waals surface area contributed by atoms with E-state index in [-0.39, 0.29) is 31.8 Å². The van der Waals surface area contributed by atoms with Crippen LogP contribution in [0.1, 0.15) is 13.8 Å². The van der Waals surface area contributed by atoms with Gasteiger partial charge in [0.15, 0.2) is 0 Å². The average Bonchev–Trinajstić information content (AvgIpc) is 2.05. The largest absolute Gasteiger partial charge is 0.462 e. The third-order valence-corrected chi connectivity index (χ3v) is 1.34. The van der Waals surface area contributed by atoms with Gasteiger partial charge in [-0.3, -0.25) is 10.1 Å². The number of rotatable bonds is 6. The molecule has 5 heteroatoms. The second-order valence-corrected chi connectivity index (χ2v) is 2.98. The molecule has 0 bridgehead atoms. The van der Waals surface area contributed by atoms with Crippen LogP contribution in [0.2, 0.25) is 0 Å². The molecule has 5 nitrogen and oxygen atoms in total. The molecule has 0 heterocycles. The monoisotopic (exact) mass is 191 g/mol. The standard InChI is InChI=1S/C8H17NO4/c1-6(2)13-8(12)3-9-7(4-10)5-11/h6-7,9-11H,3-5H2,1-2H3. The van der Waals surface area contributed by atoms with Gasteiger partial charge in [0.25, 0.3) is 0 Å². The highest BCUT2D eigenvalue weighted by Gasteiger charge is 2.09. The normalized spacial score (nSPS) is 10.9. The Morgan fingerprint density at radius 1 is 1.38 bits per heavy atom. The molecular weight excluding hydrogens is 174 g/mol. The van der Waals surface area contributed by atoms with Gasteiger partial charge in [0.2, 0.25) is 0 Å². The van der Waals surface area contributed by atoms with Crippen LogP contribution in [-0.2, 0) is 9.53 Å². The highest BCUT2D eigenvalue weighted by Crippen LogP contribution is 1.88. The molecule has 0 rings (SSSR count). The van der Waals surface area contributed by atoms with E-state index in [2.05, 4.69) is 5.32 Å². The molecule has 0 aliphatic carbocycles. The zero-order chi connectivity index (χ0) is 10.3. The van der Waals surface area contributed by atoms with E-state index in [1.54, 1.807) is 13.8 Å². The molecule has 0 aliphatic heterocycles. The molecule has 3 N–H and O–H groups in total. The van der Waals surface area contributed by atoms with Crippen molar-refractivity contribution in [1.29, 1.82) is 0 Å². The lowest BCUT2D eigenvalue weighted by molar-refractivity contribution is -0.146. The van der Waals surface area contributed by atoms with Crippen LogP contribution in [0.25, 0.3) is 0 Å². The van der Waals surface area contributed by atoms with E-state index < -0.39 is 6.04 Å². The summed E-state index contributed by atoms with van der Waals surface area (Å²) in [6.07, 6.45) is -0.143. The fraction of sp³-hybridized carbons (Fsp3) is 0.875. The molecule has 0 aromatic rings. The van der Waals surface area contributed by atoms with Crippen molar-refractivity contribution in [2.45, 2.75) is 26.0 Å². The Bertz CT molecular complexity index is 145. The van der Waals surface area contributed by atoms with Crippen LogP contribution in [0.5, 0.6) is 0 Å².